The lowest BCUT2D eigenvalue weighted by Gasteiger charge is -2.12. The molecule has 0 saturated carbocycles. The molecule has 0 aliphatic carbocycles. The first-order valence-corrected chi connectivity index (χ1v) is 13.4. The van der Waals surface area contributed by atoms with E-state index in [4.69, 9.17) is 28.4 Å². The minimum Gasteiger partial charge on any atom is -0.493 e. The van der Waals surface area contributed by atoms with Crippen LogP contribution in [0.15, 0.2) is 98.1 Å². The molecule has 0 aliphatic heterocycles. The first-order valence-electron chi connectivity index (χ1n) is 13.4. The lowest BCUT2D eigenvalue weighted by Crippen LogP contribution is -2.11. The highest BCUT2D eigenvalue weighted by Gasteiger charge is 2.14. The van der Waals surface area contributed by atoms with Crippen LogP contribution in [0, 0.1) is 0 Å². The van der Waals surface area contributed by atoms with Crippen LogP contribution in [-0.2, 0) is 30.4 Å². The van der Waals surface area contributed by atoms with Gasteiger partial charge in [-0.25, -0.2) is 19.2 Å². The average Bonchev–Trinajstić information content (AvgIpc) is 3.04. The summed E-state index contributed by atoms with van der Waals surface area (Å²) < 4.78 is 31.9. The summed E-state index contributed by atoms with van der Waals surface area (Å²) in [7, 11) is 0. The van der Waals surface area contributed by atoms with Gasteiger partial charge in [-0.2, -0.15) is 0 Å². The fraction of sp³-hybridized carbons (Fsp3) is 0.212. The molecule has 0 aliphatic rings. The Hall–Kier alpha value is -5.38. The Kier molecular flexibility index (Phi) is 13.0. The van der Waals surface area contributed by atoms with Crippen molar-refractivity contribution in [3.63, 3.8) is 0 Å². The van der Waals surface area contributed by atoms with Gasteiger partial charge in [-0.15, -0.1) is 0 Å². The minimum atomic E-state index is -0.587. The Balaban J connectivity index is 1.45. The molecule has 43 heavy (non-hydrogen) atoms. The molecule has 0 amide bonds. The van der Waals surface area contributed by atoms with Crippen molar-refractivity contribution in [3.8, 4) is 17.2 Å². The molecule has 0 unspecified atom stereocenters. The second-order valence-corrected chi connectivity index (χ2v) is 8.77. The maximum Gasteiger partial charge on any atom is 0.343 e. The van der Waals surface area contributed by atoms with Crippen LogP contribution in [0.3, 0.4) is 0 Å². The quantitative estimate of drug-likeness (QED) is 0.0678. The zero-order valence-electron chi connectivity index (χ0n) is 23.5. The topological polar surface area (TPSA) is 124 Å². The third-order valence-corrected chi connectivity index (χ3v) is 5.65. The van der Waals surface area contributed by atoms with E-state index in [-0.39, 0.29) is 25.6 Å². The number of benzene rings is 3. The minimum absolute atomic E-state index is 0.112. The van der Waals surface area contributed by atoms with Crippen molar-refractivity contribution >= 4 is 23.9 Å². The van der Waals surface area contributed by atoms with E-state index in [1.165, 1.54) is 0 Å². The van der Waals surface area contributed by atoms with E-state index in [2.05, 4.69) is 13.2 Å². The highest BCUT2D eigenvalue weighted by atomic mass is 16.6. The van der Waals surface area contributed by atoms with E-state index in [0.717, 1.165) is 12.2 Å². The van der Waals surface area contributed by atoms with Gasteiger partial charge in [-0.05, 0) is 54.6 Å². The van der Waals surface area contributed by atoms with Crippen LogP contribution in [0.25, 0.3) is 0 Å². The van der Waals surface area contributed by atoms with Gasteiger partial charge in [0.05, 0.1) is 37.6 Å². The molecule has 3 aromatic carbocycles. The maximum absolute atomic E-state index is 12.8. The molecule has 224 valence electrons. The van der Waals surface area contributed by atoms with Gasteiger partial charge in [-0.1, -0.05) is 31.4 Å². The average molecular weight is 589 g/mol. The van der Waals surface area contributed by atoms with Crippen molar-refractivity contribution < 1.29 is 47.6 Å². The smallest absolute Gasteiger partial charge is 0.343 e. The predicted octanol–water partition coefficient (Wildman–Crippen LogP) is 5.26. The summed E-state index contributed by atoms with van der Waals surface area (Å²) in [5.41, 5.74) is 1.14. The number of hydrogen-bond acceptors (Lipinski definition) is 10. The molecular weight excluding hydrogens is 556 g/mol. The molecule has 0 radical (unpaired) electrons. The molecule has 0 atom stereocenters. The van der Waals surface area contributed by atoms with Crippen molar-refractivity contribution in [2.75, 3.05) is 26.4 Å². The molecule has 0 aromatic heterocycles. The zero-order valence-corrected chi connectivity index (χ0v) is 23.5. The van der Waals surface area contributed by atoms with Gasteiger partial charge in [0, 0.05) is 30.6 Å². The van der Waals surface area contributed by atoms with E-state index in [1.54, 1.807) is 72.8 Å². The summed E-state index contributed by atoms with van der Waals surface area (Å²) in [5.74, 6) is -0.758. The molecular formula is C33H32O10. The number of rotatable bonds is 17. The molecule has 0 bridgehead atoms. The van der Waals surface area contributed by atoms with E-state index in [0.29, 0.717) is 54.2 Å². The van der Waals surface area contributed by atoms with Crippen molar-refractivity contribution in [2.45, 2.75) is 19.4 Å². The number of hydrogen-bond donors (Lipinski definition) is 0. The van der Waals surface area contributed by atoms with Crippen LogP contribution in [-0.4, -0.2) is 50.3 Å². The normalized spacial score (nSPS) is 10.1. The maximum atomic E-state index is 12.8. The second-order valence-electron chi connectivity index (χ2n) is 8.77. The van der Waals surface area contributed by atoms with Crippen molar-refractivity contribution in [2.24, 2.45) is 0 Å². The number of esters is 4. The first-order chi connectivity index (χ1) is 20.9. The molecule has 0 fully saturated rings. The molecule has 0 heterocycles. The monoisotopic (exact) mass is 588 g/mol. The number of carbonyl (C=O) groups is 4. The Labute approximate surface area is 249 Å². The fourth-order valence-electron chi connectivity index (χ4n) is 3.44. The van der Waals surface area contributed by atoms with Crippen molar-refractivity contribution in [1.82, 2.24) is 0 Å². The van der Waals surface area contributed by atoms with E-state index in [9.17, 15) is 19.2 Å². The fourth-order valence-corrected chi connectivity index (χ4v) is 3.44. The SMILES string of the molecule is C=CC(=O)OCCCOc1ccc(C(=O)OCc2ccccc2OC(=O)c2ccc(OCCCOC(=O)C=C)cc2)cc1. The molecule has 3 rings (SSSR count). The molecule has 10 heteroatoms. The summed E-state index contributed by atoms with van der Waals surface area (Å²) >= 11 is 0. The summed E-state index contributed by atoms with van der Waals surface area (Å²) in [6, 6.07) is 19.6. The van der Waals surface area contributed by atoms with Gasteiger partial charge >= 0.3 is 23.9 Å². The Bertz CT molecular complexity index is 1390. The van der Waals surface area contributed by atoms with Crippen LogP contribution in [0.5, 0.6) is 17.2 Å². The predicted molar refractivity (Wildman–Crippen MR) is 156 cm³/mol. The van der Waals surface area contributed by atoms with Crippen molar-refractivity contribution in [3.05, 3.63) is 115 Å². The lowest BCUT2D eigenvalue weighted by molar-refractivity contribution is -0.138. The highest BCUT2D eigenvalue weighted by Crippen LogP contribution is 2.22. The van der Waals surface area contributed by atoms with Crippen molar-refractivity contribution in [1.29, 1.82) is 0 Å². The number of ether oxygens (including phenoxy) is 6. The first kappa shape index (κ1) is 32.1. The summed E-state index contributed by atoms with van der Waals surface area (Å²) in [6.45, 7) is 7.63. The summed E-state index contributed by atoms with van der Waals surface area (Å²) in [4.78, 5) is 47.4. The Morgan fingerprint density at radius 2 is 1.07 bits per heavy atom. The van der Waals surface area contributed by atoms with Crippen LogP contribution < -0.4 is 14.2 Å². The van der Waals surface area contributed by atoms with Gasteiger partial charge in [0.15, 0.2) is 0 Å². The third-order valence-electron chi connectivity index (χ3n) is 5.65. The Morgan fingerprint density at radius 3 is 1.58 bits per heavy atom. The third kappa shape index (κ3) is 11.2. The van der Waals surface area contributed by atoms with Gasteiger partial charge < -0.3 is 28.4 Å². The van der Waals surface area contributed by atoms with E-state index < -0.39 is 23.9 Å². The van der Waals surface area contributed by atoms with Crippen LogP contribution in [0.1, 0.15) is 39.1 Å². The van der Waals surface area contributed by atoms with Crippen LogP contribution in [0.2, 0.25) is 0 Å². The summed E-state index contributed by atoms with van der Waals surface area (Å²) in [5, 5.41) is 0. The molecule has 10 nitrogen and oxygen atoms in total. The van der Waals surface area contributed by atoms with E-state index in [1.807, 2.05) is 0 Å². The standard InChI is InChI=1S/C33H32O10/c1-3-30(34)40-21-7-19-38-27-15-11-24(12-16-27)32(36)42-23-26-9-5-6-10-29(26)43-33(37)25-13-17-28(18-14-25)39-20-8-22-41-31(35)4-2/h3-6,9-18H,1-2,7-8,19-23H2. The number of carbonyl (C=O) groups excluding carboxylic acids is 4. The second kappa shape index (κ2) is 17.4. The van der Waals surface area contributed by atoms with Gasteiger partial charge in [0.2, 0.25) is 0 Å². The Morgan fingerprint density at radius 1 is 0.581 bits per heavy atom. The molecule has 0 spiro atoms. The van der Waals surface area contributed by atoms with Gasteiger partial charge in [-0.3, -0.25) is 0 Å². The largest absolute Gasteiger partial charge is 0.493 e. The van der Waals surface area contributed by atoms with Crippen LogP contribution in [0.4, 0.5) is 0 Å². The van der Waals surface area contributed by atoms with E-state index >= 15 is 0 Å². The van der Waals surface area contributed by atoms with Gasteiger partial charge in [0.25, 0.3) is 0 Å². The van der Waals surface area contributed by atoms with Crippen LogP contribution >= 0.6 is 0 Å². The lowest BCUT2D eigenvalue weighted by atomic mass is 10.2. The van der Waals surface area contributed by atoms with Gasteiger partial charge in [0.1, 0.15) is 23.9 Å². The zero-order chi connectivity index (χ0) is 30.9. The molecule has 0 N–H and O–H groups in total. The summed E-state index contributed by atoms with van der Waals surface area (Å²) in [6.07, 6.45) is 3.20. The molecule has 0 saturated heterocycles. The number of para-hydroxylation sites is 1. The molecule has 3 aromatic rings. The highest BCUT2D eigenvalue weighted by molar-refractivity contribution is 5.91.